The van der Waals surface area contributed by atoms with Crippen LogP contribution in [0.4, 0.5) is 10.5 Å². The van der Waals surface area contributed by atoms with Gasteiger partial charge in [-0.3, -0.25) is 4.79 Å². The van der Waals surface area contributed by atoms with Crippen LogP contribution in [0.25, 0.3) is 0 Å². The molecule has 0 aromatic heterocycles. The number of carboxylic acids is 1. The van der Waals surface area contributed by atoms with Crippen molar-refractivity contribution < 1.29 is 14.7 Å². The molecule has 3 N–H and O–H groups in total. The Morgan fingerprint density at radius 2 is 1.74 bits per heavy atom. The molecule has 0 radical (unpaired) electrons. The number of carbonyl (C=O) groups excluding carboxylic acids is 1. The molecule has 0 fully saturated rings. The molecule has 0 aliphatic carbocycles. The topological polar surface area (TPSA) is 78.4 Å². The van der Waals surface area contributed by atoms with Crippen molar-refractivity contribution in [2.75, 3.05) is 17.3 Å². The van der Waals surface area contributed by atoms with E-state index in [1.54, 1.807) is 11.8 Å². The van der Waals surface area contributed by atoms with Gasteiger partial charge in [0.2, 0.25) is 0 Å². The summed E-state index contributed by atoms with van der Waals surface area (Å²) in [5, 5.41) is 14.7. The van der Waals surface area contributed by atoms with E-state index in [4.69, 9.17) is 5.11 Å². The monoisotopic (exact) mass is 386 g/mol. The Bertz CT molecular complexity index is 720. The van der Waals surface area contributed by atoms with Crippen molar-refractivity contribution in [3.63, 3.8) is 0 Å². The van der Waals surface area contributed by atoms with Crippen LogP contribution in [0.1, 0.15) is 24.0 Å². The predicted octanol–water partition coefficient (Wildman–Crippen LogP) is 4.19. The first kappa shape index (κ1) is 20.8. The van der Waals surface area contributed by atoms with Crippen LogP contribution in [0.5, 0.6) is 0 Å². The van der Waals surface area contributed by atoms with Gasteiger partial charge in [-0.05, 0) is 54.5 Å². The second-order valence-electron chi connectivity index (χ2n) is 6.36. The number of carbonyl (C=O) groups is 2. The smallest absolute Gasteiger partial charge is 0.319 e. The predicted molar refractivity (Wildman–Crippen MR) is 111 cm³/mol. The highest BCUT2D eigenvalue weighted by molar-refractivity contribution is 7.98. The van der Waals surface area contributed by atoms with E-state index in [9.17, 15) is 9.59 Å². The van der Waals surface area contributed by atoms with E-state index in [1.165, 1.54) is 5.56 Å². The van der Waals surface area contributed by atoms with Crippen LogP contribution in [0.2, 0.25) is 0 Å². The molecule has 0 saturated heterocycles. The highest BCUT2D eigenvalue weighted by Crippen LogP contribution is 2.12. The van der Waals surface area contributed by atoms with E-state index in [0.717, 1.165) is 23.4 Å². The summed E-state index contributed by atoms with van der Waals surface area (Å²) >= 11 is 1.80. The Hall–Kier alpha value is -2.47. The van der Waals surface area contributed by atoms with Gasteiger partial charge in [0.25, 0.3) is 0 Å². The Morgan fingerprint density at radius 1 is 1.04 bits per heavy atom. The number of urea groups is 1. The molecule has 0 aliphatic rings. The van der Waals surface area contributed by atoms with Crippen molar-refractivity contribution in [2.24, 2.45) is 0 Å². The molecule has 1 unspecified atom stereocenters. The summed E-state index contributed by atoms with van der Waals surface area (Å²) in [5.41, 5.74) is 3.02. The molecule has 2 rings (SSSR count). The van der Waals surface area contributed by atoms with Crippen LogP contribution in [-0.2, 0) is 17.6 Å². The van der Waals surface area contributed by atoms with E-state index in [0.29, 0.717) is 12.8 Å². The molecule has 6 heteroatoms. The number of hydrogen-bond acceptors (Lipinski definition) is 3. The van der Waals surface area contributed by atoms with Crippen LogP contribution in [0.15, 0.2) is 54.6 Å². The van der Waals surface area contributed by atoms with Gasteiger partial charge in [-0.25, -0.2) is 4.79 Å². The summed E-state index contributed by atoms with van der Waals surface area (Å²) in [6.07, 6.45) is 4.07. The molecule has 0 aliphatic heterocycles. The first-order valence-corrected chi connectivity index (χ1v) is 10.4. The quantitative estimate of drug-likeness (QED) is 0.572. The number of hydrogen-bond donors (Lipinski definition) is 3. The molecular weight excluding hydrogens is 360 g/mol. The Labute approximate surface area is 164 Å². The van der Waals surface area contributed by atoms with Gasteiger partial charge in [0, 0.05) is 18.2 Å². The lowest BCUT2D eigenvalue weighted by atomic mass is 10.0. The average molecular weight is 387 g/mol. The number of nitrogens with one attached hydrogen (secondary N) is 2. The molecule has 144 valence electrons. The van der Waals surface area contributed by atoms with E-state index in [-0.39, 0.29) is 18.5 Å². The number of anilines is 1. The maximum Gasteiger partial charge on any atom is 0.319 e. The maximum atomic E-state index is 12.3. The first-order valence-electron chi connectivity index (χ1n) is 8.98. The minimum Gasteiger partial charge on any atom is -0.481 e. The van der Waals surface area contributed by atoms with E-state index in [1.807, 2.05) is 54.6 Å². The van der Waals surface area contributed by atoms with Crippen LogP contribution in [0, 0.1) is 0 Å². The van der Waals surface area contributed by atoms with Crippen molar-refractivity contribution in [1.82, 2.24) is 5.32 Å². The maximum absolute atomic E-state index is 12.3. The number of thioether (sulfide) groups is 1. The van der Waals surface area contributed by atoms with E-state index < -0.39 is 5.97 Å². The summed E-state index contributed by atoms with van der Waals surface area (Å²) < 4.78 is 0. The van der Waals surface area contributed by atoms with Crippen LogP contribution in [-0.4, -0.2) is 35.2 Å². The summed E-state index contributed by atoms with van der Waals surface area (Å²) in [5.74, 6) is 0.203. The highest BCUT2D eigenvalue weighted by Gasteiger charge is 2.15. The zero-order valence-electron chi connectivity index (χ0n) is 15.5. The lowest BCUT2D eigenvalue weighted by molar-refractivity contribution is -0.137. The third-order valence-electron chi connectivity index (χ3n) is 4.17. The van der Waals surface area contributed by atoms with Gasteiger partial charge in [0.15, 0.2) is 0 Å². The summed E-state index contributed by atoms with van der Waals surface area (Å²) in [6.45, 7) is 0. The second-order valence-corrected chi connectivity index (χ2v) is 7.34. The molecule has 0 bridgehead atoms. The number of benzene rings is 2. The van der Waals surface area contributed by atoms with Gasteiger partial charge in [0.05, 0.1) is 0 Å². The summed E-state index contributed by atoms with van der Waals surface area (Å²) in [4.78, 5) is 23.3. The fourth-order valence-electron chi connectivity index (χ4n) is 2.75. The first-order chi connectivity index (χ1) is 13.1. The zero-order chi connectivity index (χ0) is 19.5. The molecular formula is C21H26N2O3S. The van der Waals surface area contributed by atoms with Crippen LogP contribution in [0.3, 0.4) is 0 Å². The molecule has 0 heterocycles. The summed E-state index contributed by atoms with van der Waals surface area (Å²) in [7, 11) is 0. The third-order valence-corrected chi connectivity index (χ3v) is 4.79. The normalized spacial score (nSPS) is 11.6. The van der Waals surface area contributed by atoms with E-state index >= 15 is 0 Å². The number of aryl methyl sites for hydroxylation is 1. The lowest BCUT2D eigenvalue weighted by Gasteiger charge is -2.19. The molecule has 0 saturated carbocycles. The molecule has 1 atom stereocenters. The van der Waals surface area contributed by atoms with Crippen molar-refractivity contribution >= 4 is 29.4 Å². The van der Waals surface area contributed by atoms with Crippen molar-refractivity contribution in [2.45, 2.75) is 31.7 Å². The van der Waals surface area contributed by atoms with Crippen LogP contribution >= 0.6 is 11.8 Å². The van der Waals surface area contributed by atoms with Gasteiger partial charge in [-0.2, -0.15) is 11.8 Å². The number of amides is 2. The van der Waals surface area contributed by atoms with Gasteiger partial charge < -0.3 is 15.7 Å². The SMILES string of the molecule is CSCCc1ccc(NC(=O)NC(CCC(=O)O)Cc2ccccc2)cc1. The van der Waals surface area contributed by atoms with Gasteiger partial charge in [-0.1, -0.05) is 42.5 Å². The average Bonchev–Trinajstić information content (AvgIpc) is 2.66. The van der Waals surface area contributed by atoms with Gasteiger partial charge in [0.1, 0.15) is 0 Å². The largest absolute Gasteiger partial charge is 0.481 e. The lowest BCUT2D eigenvalue weighted by Crippen LogP contribution is -2.39. The van der Waals surface area contributed by atoms with Gasteiger partial charge in [-0.15, -0.1) is 0 Å². The zero-order valence-corrected chi connectivity index (χ0v) is 16.3. The van der Waals surface area contributed by atoms with Crippen molar-refractivity contribution in [1.29, 1.82) is 0 Å². The van der Waals surface area contributed by atoms with E-state index in [2.05, 4.69) is 16.9 Å². The Morgan fingerprint density at radius 3 is 2.37 bits per heavy atom. The summed E-state index contributed by atoms with van der Waals surface area (Å²) in [6, 6.07) is 17.0. The molecule has 2 aromatic carbocycles. The number of rotatable bonds is 10. The van der Waals surface area contributed by atoms with Crippen LogP contribution < -0.4 is 10.6 Å². The highest BCUT2D eigenvalue weighted by atomic mass is 32.2. The standard InChI is InChI=1S/C21H26N2O3S/c1-27-14-13-16-7-9-18(10-8-16)22-21(26)23-19(11-12-20(24)25)15-17-5-3-2-4-6-17/h2-10,19H,11-15H2,1H3,(H,24,25)(H2,22,23,26). The van der Waals surface area contributed by atoms with Crippen molar-refractivity contribution in [3.05, 3.63) is 65.7 Å². The Kier molecular flexibility index (Phi) is 8.71. The Balaban J connectivity index is 1.92. The van der Waals surface area contributed by atoms with Gasteiger partial charge >= 0.3 is 12.0 Å². The fourth-order valence-corrected chi connectivity index (χ4v) is 3.19. The molecule has 0 spiro atoms. The minimum atomic E-state index is -0.865. The number of aliphatic carboxylic acids is 1. The molecule has 2 amide bonds. The molecule has 5 nitrogen and oxygen atoms in total. The molecule has 2 aromatic rings. The fraction of sp³-hybridized carbons (Fsp3) is 0.333. The minimum absolute atomic E-state index is 0.0158. The second kappa shape index (κ2) is 11.3. The third kappa shape index (κ3) is 8.17. The van der Waals surface area contributed by atoms with Crippen molar-refractivity contribution in [3.8, 4) is 0 Å². The number of carboxylic acid groups (broad SMARTS) is 1. The molecule has 27 heavy (non-hydrogen) atoms.